The molecular weight excluding hydrogens is 311 g/mol. The minimum absolute atomic E-state index is 0.409. The fraction of sp³-hybridized carbons (Fsp3) is 0.455. The Morgan fingerprint density at radius 2 is 1.72 bits per heavy atom. The van der Waals surface area contributed by atoms with Crippen molar-refractivity contribution < 1.29 is 4.39 Å². The highest BCUT2D eigenvalue weighted by Gasteiger charge is 2.39. The van der Waals surface area contributed by atoms with Crippen LogP contribution in [0.5, 0.6) is 0 Å². The minimum atomic E-state index is -0.409. The maximum absolute atomic E-state index is 12.8. The molecule has 0 heterocycles. The summed E-state index contributed by atoms with van der Waals surface area (Å²) in [5.41, 5.74) is 10.4. The highest BCUT2D eigenvalue weighted by Crippen LogP contribution is 2.42. The Hall–Kier alpha value is -1.71. The molecule has 0 bridgehead atoms. The van der Waals surface area contributed by atoms with Crippen molar-refractivity contribution >= 4 is 0 Å². The molecule has 2 aliphatic rings. The Morgan fingerprint density at radius 1 is 0.960 bits per heavy atom. The molecule has 0 spiro atoms. The standard InChI is InChI=1S/C22H27FN2/c23-14-15-2-1-3-18(12-15)16-4-6-17(7-5-16)21-13-22(21)25-20-10-8-19(24)9-11-20/h1-7,12,19-22,25H,8-11,13-14,24H2/t19?,20?,21-,22+/m0/s1. The van der Waals surface area contributed by atoms with Gasteiger partial charge in [0.05, 0.1) is 0 Å². The van der Waals surface area contributed by atoms with Crippen LogP contribution in [0, 0.1) is 0 Å². The van der Waals surface area contributed by atoms with E-state index in [1.54, 1.807) is 0 Å². The first-order valence-corrected chi connectivity index (χ1v) is 9.50. The Balaban J connectivity index is 1.36. The van der Waals surface area contributed by atoms with Crippen LogP contribution >= 0.6 is 0 Å². The zero-order chi connectivity index (χ0) is 17.2. The summed E-state index contributed by atoms with van der Waals surface area (Å²) in [7, 11) is 0. The van der Waals surface area contributed by atoms with Gasteiger partial charge in [0.25, 0.3) is 0 Å². The van der Waals surface area contributed by atoms with E-state index >= 15 is 0 Å². The molecule has 2 atom stereocenters. The third kappa shape index (κ3) is 3.94. The van der Waals surface area contributed by atoms with Crippen molar-refractivity contribution in [2.24, 2.45) is 5.73 Å². The molecule has 2 saturated carbocycles. The van der Waals surface area contributed by atoms with Gasteiger partial charge < -0.3 is 11.1 Å². The van der Waals surface area contributed by atoms with Crippen LogP contribution in [0.2, 0.25) is 0 Å². The Labute approximate surface area is 149 Å². The highest BCUT2D eigenvalue weighted by molar-refractivity contribution is 5.64. The van der Waals surface area contributed by atoms with Gasteiger partial charge in [0.2, 0.25) is 0 Å². The van der Waals surface area contributed by atoms with Crippen molar-refractivity contribution in [3.63, 3.8) is 0 Å². The molecule has 132 valence electrons. The molecule has 0 radical (unpaired) electrons. The first-order chi connectivity index (χ1) is 12.2. The van der Waals surface area contributed by atoms with Crippen LogP contribution in [0.1, 0.15) is 49.1 Å². The zero-order valence-corrected chi connectivity index (χ0v) is 14.6. The minimum Gasteiger partial charge on any atom is -0.328 e. The monoisotopic (exact) mass is 338 g/mol. The van der Waals surface area contributed by atoms with E-state index in [0.29, 0.717) is 24.0 Å². The van der Waals surface area contributed by atoms with Gasteiger partial charge in [0, 0.05) is 24.0 Å². The molecule has 0 unspecified atom stereocenters. The van der Waals surface area contributed by atoms with E-state index in [9.17, 15) is 4.39 Å². The fourth-order valence-electron chi connectivity index (χ4n) is 4.09. The lowest BCUT2D eigenvalue weighted by atomic mass is 9.92. The lowest BCUT2D eigenvalue weighted by Gasteiger charge is -2.27. The fourth-order valence-corrected chi connectivity index (χ4v) is 4.09. The first-order valence-electron chi connectivity index (χ1n) is 9.50. The molecule has 3 heteroatoms. The molecule has 0 aromatic heterocycles. The number of halogens is 1. The van der Waals surface area contributed by atoms with Gasteiger partial charge in [-0.3, -0.25) is 0 Å². The number of rotatable bonds is 5. The van der Waals surface area contributed by atoms with E-state index in [1.807, 2.05) is 24.3 Å². The van der Waals surface area contributed by atoms with Gasteiger partial charge >= 0.3 is 0 Å². The summed E-state index contributed by atoms with van der Waals surface area (Å²) in [5, 5.41) is 3.83. The van der Waals surface area contributed by atoms with Crippen molar-refractivity contribution in [1.29, 1.82) is 0 Å². The quantitative estimate of drug-likeness (QED) is 0.840. The number of hydrogen-bond acceptors (Lipinski definition) is 2. The largest absolute Gasteiger partial charge is 0.328 e. The molecule has 0 amide bonds. The zero-order valence-electron chi connectivity index (χ0n) is 14.6. The summed E-state index contributed by atoms with van der Waals surface area (Å²) in [5.74, 6) is 0.641. The normalized spacial score (nSPS) is 28.7. The summed E-state index contributed by atoms with van der Waals surface area (Å²) in [4.78, 5) is 0. The van der Waals surface area contributed by atoms with Gasteiger partial charge in [0.1, 0.15) is 6.67 Å². The molecule has 4 rings (SSSR count). The van der Waals surface area contributed by atoms with Crippen molar-refractivity contribution in [3.05, 3.63) is 59.7 Å². The van der Waals surface area contributed by atoms with Crippen LogP contribution in [-0.2, 0) is 6.67 Å². The van der Waals surface area contributed by atoms with Gasteiger partial charge in [-0.15, -0.1) is 0 Å². The van der Waals surface area contributed by atoms with E-state index < -0.39 is 6.67 Å². The first kappa shape index (κ1) is 16.7. The molecular formula is C22H27FN2. The van der Waals surface area contributed by atoms with Gasteiger partial charge in [-0.25, -0.2) is 4.39 Å². The SMILES string of the molecule is NC1CCC(N[C@@H]2C[C@H]2c2ccc(-c3cccc(CF)c3)cc2)CC1. The number of nitrogens with one attached hydrogen (secondary N) is 1. The van der Waals surface area contributed by atoms with Gasteiger partial charge in [-0.05, 0) is 60.4 Å². The van der Waals surface area contributed by atoms with Gasteiger partial charge in [-0.1, -0.05) is 42.5 Å². The summed E-state index contributed by atoms with van der Waals surface area (Å²) >= 11 is 0. The Bertz CT molecular complexity index is 704. The smallest absolute Gasteiger partial charge is 0.115 e. The van der Waals surface area contributed by atoms with Crippen molar-refractivity contribution in [3.8, 4) is 11.1 Å². The van der Waals surface area contributed by atoms with Crippen LogP contribution in [0.3, 0.4) is 0 Å². The van der Waals surface area contributed by atoms with Crippen LogP contribution < -0.4 is 11.1 Å². The molecule has 3 N–H and O–H groups in total. The molecule has 0 aliphatic heterocycles. The molecule has 2 fully saturated rings. The van der Waals surface area contributed by atoms with Crippen LogP contribution in [0.25, 0.3) is 11.1 Å². The van der Waals surface area contributed by atoms with Gasteiger partial charge in [-0.2, -0.15) is 0 Å². The lowest BCUT2D eigenvalue weighted by Crippen LogP contribution is -2.38. The van der Waals surface area contributed by atoms with E-state index in [4.69, 9.17) is 5.73 Å². The van der Waals surface area contributed by atoms with Crippen LogP contribution in [-0.4, -0.2) is 18.1 Å². The van der Waals surface area contributed by atoms with Crippen LogP contribution in [0.15, 0.2) is 48.5 Å². The third-order valence-corrected chi connectivity index (χ3v) is 5.77. The Kier molecular flexibility index (Phi) is 4.87. The predicted octanol–water partition coefficient (Wildman–Crippen LogP) is 4.54. The van der Waals surface area contributed by atoms with E-state index in [-0.39, 0.29) is 0 Å². The molecule has 2 nitrogen and oxygen atoms in total. The number of benzene rings is 2. The third-order valence-electron chi connectivity index (χ3n) is 5.77. The second kappa shape index (κ2) is 7.27. The van der Waals surface area contributed by atoms with E-state index in [2.05, 4.69) is 29.6 Å². The molecule has 2 aromatic carbocycles. The highest BCUT2D eigenvalue weighted by atomic mass is 19.1. The average Bonchev–Trinajstić information content (AvgIpc) is 3.43. The maximum Gasteiger partial charge on any atom is 0.115 e. The van der Waals surface area contributed by atoms with Crippen LogP contribution in [0.4, 0.5) is 4.39 Å². The van der Waals surface area contributed by atoms with Crippen molar-refractivity contribution in [1.82, 2.24) is 5.32 Å². The second-order valence-corrected chi connectivity index (χ2v) is 7.68. The summed E-state index contributed by atoms with van der Waals surface area (Å²) < 4.78 is 12.8. The van der Waals surface area contributed by atoms with Crippen molar-refractivity contribution in [2.75, 3.05) is 0 Å². The molecule has 25 heavy (non-hydrogen) atoms. The number of alkyl halides is 1. The topological polar surface area (TPSA) is 38.0 Å². The van der Waals surface area contributed by atoms with E-state index in [0.717, 1.165) is 29.5 Å². The molecule has 2 aromatic rings. The molecule has 0 saturated heterocycles. The summed E-state index contributed by atoms with van der Waals surface area (Å²) in [6.45, 7) is -0.409. The average molecular weight is 338 g/mol. The van der Waals surface area contributed by atoms with Crippen molar-refractivity contribution in [2.45, 2.75) is 62.8 Å². The lowest BCUT2D eigenvalue weighted by molar-refractivity contribution is 0.339. The predicted molar refractivity (Wildman–Crippen MR) is 101 cm³/mol. The number of hydrogen-bond donors (Lipinski definition) is 2. The van der Waals surface area contributed by atoms with E-state index in [1.165, 1.54) is 24.8 Å². The maximum atomic E-state index is 12.8. The molecule has 2 aliphatic carbocycles. The Morgan fingerprint density at radius 3 is 2.44 bits per heavy atom. The summed E-state index contributed by atoms with van der Waals surface area (Å²) in [6.07, 6.45) is 5.98. The number of nitrogens with two attached hydrogens (primary N) is 1. The summed E-state index contributed by atoms with van der Waals surface area (Å²) in [6, 6.07) is 18.2. The second-order valence-electron chi connectivity index (χ2n) is 7.68. The van der Waals surface area contributed by atoms with Gasteiger partial charge in [0.15, 0.2) is 0 Å².